The fourth-order valence-electron chi connectivity index (χ4n) is 3.21. The minimum Gasteiger partial charge on any atom is -0.354 e. The standard InChI is InChI=1S/C24H31ClN2O2S/c1-4-13-26-24(29)22(5-2)27(15-20-8-6-7-18(3)14-20)23(28)17-30-16-19-9-11-21(25)12-10-19/h6-12,14,22H,4-5,13,15-17H2,1-3H3,(H,26,29)/t22-/m0/s1. The van der Waals surface area contributed by atoms with Crippen LogP contribution < -0.4 is 5.32 Å². The number of amides is 2. The zero-order chi connectivity index (χ0) is 21.9. The Hall–Kier alpha value is -1.98. The lowest BCUT2D eigenvalue weighted by Gasteiger charge is -2.30. The van der Waals surface area contributed by atoms with Crippen molar-refractivity contribution in [1.29, 1.82) is 0 Å². The van der Waals surface area contributed by atoms with E-state index in [2.05, 4.69) is 11.4 Å². The molecule has 0 bridgehead atoms. The molecule has 1 N–H and O–H groups in total. The molecule has 30 heavy (non-hydrogen) atoms. The second-order valence-electron chi connectivity index (χ2n) is 7.35. The lowest BCUT2D eigenvalue weighted by atomic mass is 10.1. The number of hydrogen-bond donors (Lipinski definition) is 1. The number of carbonyl (C=O) groups excluding carboxylic acids is 2. The highest BCUT2D eigenvalue weighted by Crippen LogP contribution is 2.19. The van der Waals surface area contributed by atoms with Crippen LogP contribution in [-0.4, -0.2) is 35.1 Å². The maximum Gasteiger partial charge on any atom is 0.242 e. The Labute approximate surface area is 189 Å². The number of halogens is 1. The van der Waals surface area contributed by atoms with E-state index >= 15 is 0 Å². The van der Waals surface area contributed by atoms with Crippen LogP contribution >= 0.6 is 23.4 Å². The van der Waals surface area contributed by atoms with Gasteiger partial charge in [-0.25, -0.2) is 0 Å². The molecule has 0 aliphatic rings. The Kier molecular flexibility index (Phi) is 10.2. The van der Waals surface area contributed by atoms with Gasteiger partial charge in [-0.1, -0.05) is 67.4 Å². The predicted molar refractivity (Wildman–Crippen MR) is 127 cm³/mol. The van der Waals surface area contributed by atoms with Crippen molar-refractivity contribution < 1.29 is 9.59 Å². The Balaban J connectivity index is 2.10. The van der Waals surface area contributed by atoms with Crippen molar-refractivity contribution in [2.24, 2.45) is 0 Å². The summed E-state index contributed by atoms with van der Waals surface area (Å²) >= 11 is 7.49. The molecule has 2 aromatic carbocycles. The summed E-state index contributed by atoms with van der Waals surface area (Å²) in [6, 6.07) is 15.3. The first kappa shape index (κ1) is 24.3. The van der Waals surface area contributed by atoms with Gasteiger partial charge in [0, 0.05) is 23.9 Å². The third kappa shape index (κ3) is 7.69. The molecule has 0 radical (unpaired) electrons. The number of benzene rings is 2. The van der Waals surface area contributed by atoms with Gasteiger partial charge in [0.25, 0.3) is 0 Å². The zero-order valence-corrected chi connectivity index (χ0v) is 19.6. The summed E-state index contributed by atoms with van der Waals surface area (Å²) in [5.74, 6) is 0.948. The SMILES string of the molecule is CCCNC(=O)[C@H](CC)N(Cc1cccc(C)c1)C(=O)CSCc1ccc(Cl)cc1. The number of aryl methyl sites for hydroxylation is 1. The van der Waals surface area contributed by atoms with Crippen molar-refractivity contribution in [1.82, 2.24) is 10.2 Å². The summed E-state index contributed by atoms with van der Waals surface area (Å²) in [5.41, 5.74) is 3.29. The first-order valence-electron chi connectivity index (χ1n) is 10.4. The highest BCUT2D eigenvalue weighted by molar-refractivity contribution is 7.99. The molecule has 0 saturated carbocycles. The summed E-state index contributed by atoms with van der Waals surface area (Å²) < 4.78 is 0. The van der Waals surface area contributed by atoms with Crippen molar-refractivity contribution in [3.05, 3.63) is 70.2 Å². The Morgan fingerprint density at radius 1 is 1.10 bits per heavy atom. The van der Waals surface area contributed by atoms with Crippen molar-refractivity contribution in [2.75, 3.05) is 12.3 Å². The second-order valence-corrected chi connectivity index (χ2v) is 8.77. The lowest BCUT2D eigenvalue weighted by Crippen LogP contribution is -2.49. The smallest absolute Gasteiger partial charge is 0.242 e. The number of nitrogens with zero attached hydrogens (tertiary/aromatic N) is 1. The van der Waals surface area contributed by atoms with E-state index < -0.39 is 6.04 Å². The van der Waals surface area contributed by atoms with Crippen LogP contribution in [0.15, 0.2) is 48.5 Å². The molecule has 4 nitrogen and oxygen atoms in total. The van der Waals surface area contributed by atoms with Crippen LogP contribution in [0.3, 0.4) is 0 Å². The first-order chi connectivity index (χ1) is 14.4. The average Bonchev–Trinajstić information content (AvgIpc) is 2.73. The van der Waals surface area contributed by atoms with Gasteiger partial charge in [0.15, 0.2) is 0 Å². The summed E-state index contributed by atoms with van der Waals surface area (Å²) in [4.78, 5) is 27.6. The Bertz CT molecular complexity index is 826. The molecular formula is C24H31ClN2O2S. The van der Waals surface area contributed by atoms with E-state index in [0.29, 0.717) is 30.3 Å². The Morgan fingerprint density at radius 2 is 1.83 bits per heavy atom. The maximum atomic E-state index is 13.2. The van der Waals surface area contributed by atoms with E-state index in [9.17, 15) is 9.59 Å². The van der Waals surface area contributed by atoms with Crippen molar-refractivity contribution >= 4 is 35.2 Å². The largest absolute Gasteiger partial charge is 0.354 e. The van der Waals surface area contributed by atoms with Crippen molar-refractivity contribution in [3.63, 3.8) is 0 Å². The molecule has 0 saturated heterocycles. The molecule has 0 spiro atoms. The summed E-state index contributed by atoms with van der Waals surface area (Å²) in [7, 11) is 0. The third-order valence-corrected chi connectivity index (χ3v) is 6.02. The molecule has 0 fully saturated rings. The summed E-state index contributed by atoms with van der Waals surface area (Å²) in [6.07, 6.45) is 1.44. The fraction of sp³-hybridized carbons (Fsp3) is 0.417. The fourth-order valence-corrected chi connectivity index (χ4v) is 4.21. The Morgan fingerprint density at radius 3 is 2.47 bits per heavy atom. The molecular weight excluding hydrogens is 416 g/mol. The molecule has 6 heteroatoms. The van der Waals surface area contributed by atoms with Gasteiger partial charge in [-0.05, 0) is 43.0 Å². The van der Waals surface area contributed by atoms with E-state index in [4.69, 9.17) is 11.6 Å². The van der Waals surface area contributed by atoms with E-state index in [-0.39, 0.29) is 11.8 Å². The minimum atomic E-state index is -0.472. The normalized spacial score (nSPS) is 11.7. The van der Waals surface area contributed by atoms with Crippen LogP contribution in [0.5, 0.6) is 0 Å². The van der Waals surface area contributed by atoms with Gasteiger partial charge < -0.3 is 10.2 Å². The van der Waals surface area contributed by atoms with Gasteiger partial charge >= 0.3 is 0 Å². The lowest BCUT2D eigenvalue weighted by molar-refractivity contribution is -0.139. The van der Waals surface area contributed by atoms with Crippen LogP contribution in [-0.2, 0) is 21.9 Å². The van der Waals surface area contributed by atoms with Crippen molar-refractivity contribution in [3.8, 4) is 0 Å². The van der Waals surface area contributed by atoms with Crippen molar-refractivity contribution in [2.45, 2.75) is 52.0 Å². The molecule has 0 aliphatic carbocycles. The molecule has 162 valence electrons. The summed E-state index contributed by atoms with van der Waals surface area (Å²) in [6.45, 7) is 7.05. The number of hydrogen-bond acceptors (Lipinski definition) is 3. The number of nitrogens with one attached hydrogen (secondary N) is 1. The van der Waals surface area contributed by atoms with E-state index in [1.54, 1.807) is 16.7 Å². The topological polar surface area (TPSA) is 49.4 Å². The van der Waals surface area contributed by atoms with E-state index in [0.717, 1.165) is 28.9 Å². The average molecular weight is 447 g/mol. The predicted octanol–water partition coefficient (Wildman–Crippen LogP) is 5.22. The molecule has 2 aromatic rings. The van der Waals surface area contributed by atoms with E-state index in [1.165, 1.54) is 0 Å². The molecule has 2 amide bonds. The first-order valence-corrected chi connectivity index (χ1v) is 11.9. The highest BCUT2D eigenvalue weighted by atomic mass is 35.5. The van der Waals surface area contributed by atoms with Gasteiger partial charge in [0.1, 0.15) is 6.04 Å². The molecule has 0 aromatic heterocycles. The monoisotopic (exact) mass is 446 g/mol. The molecule has 0 aliphatic heterocycles. The van der Waals surface area contributed by atoms with Gasteiger partial charge in [-0.15, -0.1) is 11.8 Å². The van der Waals surface area contributed by atoms with Crippen LogP contribution in [0.2, 0.25) is 5.02 Å². The van der Waals surface area contributed by atoms with Crippen LogP contribution in [0.4, 0.5) is 0 Å². The molecule has 1 atom stereocenters. The van der Waals surface area contributed by atoms with E-state index in [1.807, 2.05) is 63.2 Å². The summed E-state index contributed by atoms with van der Waals surface area (Å²) in [5, 5.41) is 3.65. The van der Waals surface area contributed by atoms with Gasteiger partial charge in [0.05, 0.1) is 5.75 Å². The van der Waals surface area contributed by atoms with Gasteiger partial charge in [-0.3, -0.25) is 9.59 Å². The number of thioether (sulfide) groups is 1. The highest BCUT2D eigenvalue weighted by Gasteiger charge is 2.28. The third-order valence-electron chi connectivity index (χ3n) is 4.78. The number of carbonyl (C=O) groups is 2. The van der Waals surface area contributed by atoms with Crippen LogP contribution in [0, 0.1) is 6.92 Å². The van der Waals surface area contributed by atoms with Gasteiger partial charge in [0.2, 0.25) is 11.8 Å². The molecule has 0 heterocycles. The molecule has 0 unspecified atom stereocenters. The van der Waals surface area contributed by atoms with Crippen LogP contribution in [0.25, 0.3) is 0 Å². The van der Waals surface area contributed by atoms with Crippen LogP contribution in [0.1, 0.15) is 43.4 Å². The molecule has 2 rings (SSSR count). The zero-order valence-electron chi connectivity index (χ0n) is 18.0. The van der Waals surface area contributed by atoms with Gasteiger partial charge in [-0.2, -0.15) is 0 Å². The minimum absolute atomic E-state index is 0.0195. The second kappa shape index (κ2) is 12.7. The number of rotatable bonds is 11. The quantitative estimate of drug-likeness (QED) is 0.515. The maximum absolute atomic E-state index is 13.2.